The Hall–Kier alpha value is -2.92. The normalized spacial score (nSPS) is 10.8. The van der Waals surface area contributed by atoms with Crippen molar-refractivity contribution in [2.45, 2.75) is 0 Å². The first-order chi connectivity index (χ1) is 11.8. The van der Waals surface area contributed by atoms with Crippen LogP contribution in [0.4, 0.5) is 5.69 Å². The Labute approximate surface area is 142 Å². The third-order valence-electron chi connectivity index (χ3n) is 3.71. The van der Waals surface area contributed by atoms with Crippen LogP contribution < -0.4 is 10.1 Å². The maximum atomic E-state index is 12.1. The van der Waals surface area contributed by atoms with E-state index in [1.165, 1.54) is 0 Å². The molecule has 5 heteroatoms. The van der Waals surface area contributed by atoms with Gasteiger partial charge in [0.1, 0.15) is 5.75 Å². The summed E-state index contributed by atoms with van der Waals surface area (Å²) in [7, 11) is 0. The number of nitrogens with one attached hydrogen (secondary N) is 1. The molecule has 1 aromatic heterocycles. The second-order valence-corrected chi connectivity index (χ2v) is 6.27. The van der Waals surface area contributed by atoms with E-state index in [2.05, 4.69) is 10.3 Å². The minimum atomic E-state index is -0.197. The molecule has 0 aliphatic carbocycles. The average Bonchev–Trinajstić information content (AvgIpc) is 3.07. The molecule has 0 unspecified atom stereocenters. The van der Waals surface area contributed by atoms with Gasteiger partial charge >= 0.3 is 0 Å². The number of carbonyl (C=O) groups excluding carboxylic acids is 1. The minimum absolute atomic E-state index is 0.0343. The second-order valence-electron chi connectivity index (χ2n) is 5.38. The van der Waals surface area contributed by atoms with Crippen LogP contribution in [0, 0.1) is 0 Å². The van der Waals surface area contributed by atoms with E-state index in [0.717, 1.165) is 26.7 Å². The van der Waals surface area contributed by atoms with E-state index < -0.39 is 0 Å². The van der Waals surface area contributed by atoms with Crippen molar-refractivity contribution < 1.29 is 9.53 Å². The van der Waals surface area contributed by atoms with Crippen molar-refractivity contribution in [1.29, 1.82) is 0 Å². The van der Waals surface area contributed by atoms with Gasteiger partial charge in [0.25, 0.3) is 5.91 Å². The summed E-state index contributed by atoms with van der Waals surface area (Å²) >= 11 is 1.57. The van der Waals surface area contributed by atoms with Gasteiger partial charge < -0.3 is 10.1 Å². The molecule has 0 aliphatic rings. The topological polar surface area (TPSA) is 51.2 Å². The van der Waals surface area contributed by atoms with E-state index >= 15 is 0 Å². The summed E-state index contributed by atoms with van der Waals surface area (Å²) in [4.78, 5) is 16.3. The highest BCUT2D eigenvalue weighted by Crippen LogP contribution is 2.22. The van der Waals surface area contributed by atoms with Crippen molar-refractivity contribution >= 4 is 43.9 Å². The van der Waals surface area contributed by atoms with Crippen molar-refractivity contribution in [3.63, 3.8) is 0 Å². The molecule has 1 N–H and O–H groups in total. The van der Waals surface area contributed by atoms with Crippen LogP contribution in [0.2, 0.25) is 0 Å². The summed E-state index contributed by atoms with van der Waals surface area (Å²) in [6.07, 6.45) is 0. The Morgan fingerprint density at radius 3 is 2.83 bits per heavy atom. The number of fused-ring (bicyclic) bond motifs is 2. The summed E-state index contributed by atoms with van der Waals surface area (Å²) < 4.78 is 6.69. The lowest BCUT2D eigenvalue weighted by Gasteiger charge is -2.08. The molecule has 118 valence electrons. The smallest absolute Gasteiger partial charge is 0.262 e. The molecule has 1 heterocycles. The monoisotopic (exact) mass is 334 g/mol. The summed E-state index contributed by atoms with van der Waals surface area (Å²) in [5, 5.41) is 5.06. The molecule has 0 bridgehead atoms. The molecule has 0 spiro atoms. The van der Waals surface area contributed by atoms with E-state index in [1.54, 1.807) is 16.8 Å². The highest BCUT2D eigenvalue weighted by atomic mass is 32.1. The van der Waals surface area contributed by atoms with Gasteiger partial charge in [-0.2, -0.15) is 0 Å². The molecule has 4 nitrogen and oxygen atoms in total. The molecule has 24 heavy (non-hydrogen) atoms. The van der Waals surface area contributed by atoms with Crippen LogP contribution in [0.25, 0.3) is 21.0 Å². The largest absolute Gasteiger partial charge is 0.484 e. The number of aromatic nitrogens is 1. The van der Waals surface area contributed by atoms with Crippen LogP contribution >= 0.6 is 11.3 Å². The van der Waals surface area contributed by atoms with Gasteiger partial charge in [0.15, 0.2) is 6.61 Å². The number of hydrogen-bond acceptors (Lipinski definition) is 4. The van der Waals surface area contributed by atoms with Gasteiger partial charge in [-0.15, -0.1) is 11.3 Å². The fourth-order valence-electron chi connectivity index (χ4n) is 2.54. The Kier molecular flexibility index (Phi) is 3.84. The number of nitrogens with zero attached hydrogens (tertiary/aromatic N) is 1. The molecular formula is C19H14N2O2S. The SMILES string of the molecule is O=C(COc1ccc2ccccc2c1)Nc1ccc2scnc2c1. The van der Waals surface area contributed by atoms with Crippen LogP contribution in [-0.2, 0) is 4.79 Å². The number of ether oxygens (including phenoxy) is 1. The Morgan fingerprint density at radius 1 is 1.04 bits per heavy atom. The number of anilines is 1. The number of rotatable bonds is 4. The van der Waals surface area contributed by atoms with Crippen LogP contribution in [-0.4, -0.2) is 17.5 Å². The van der Waals surface area contributed by atoms with Gasteiger partial charge in [-0.1, -0.05) is 30.3 Å². The van der Waals surface area contributed by atoms with E-state index in [4.69, 9.17) is 4.74 Å². The van der Waals surface area contributed by atoms with Crippen LogP contribution in [0.15, 0.2) is 66.2 Å². The lowest BCUT2D eigenvalue weighted by atomic mass is 10.1. The first-order valence-electron chi connectivity index (χ1n) is 7.53. The molecule has 0 atom stereocenters. The number of thiazole rings is 1. The molecule has 4 rings (SSSR count). The highest BCUT2D eigenvalue weighted by molar-refractivity contribution is 7.16. The first kappa shape index (κ1) is 14.7. The molecule has 0 saturated heterocycles. The third kappa shape index (κ3) is 3.07. The number of carbonyl (C=O) groups is 1. The zero-order valence-electron chi connectivity index (χ0n) is 12.7. The molecule has 3 aromatic carbocycles. The van der Waals surface area contributed by atoms with E-state index in [0.29, 0.717) is 5.75 Å². The highest BCUT2D eigenvalue weighted by Gasteiger charge is 2.06. The Morgan fingerprint density at radius 2 is 1.92 bits per heavy atom. The van der Waals surface area contributed by atoms with Gasteiger partial charge in [0, 0.05) is 5.69 Å². The zero-order valence-corrected chi connectivity index (χ0v) is 13.5. The standard InChI is InChI=1S/C19H14N2O2S/c22-19(21-15-6-8-18-17(10-15)20-12-24-18)11-23-16-7-5-13-3-1-2-4-14(13)9-16/h1-10,12H,11H2,(H,21,22). The molecule has 4 aromatic rings. The lowest BCUT2D eigenvalue weighted by molar-refractivity contribution is -0.118. The number of hydrogen-bond donors (Lipinski definition) is 1. The van der Waals surface area contributed by atoms with Crippen LogP contribution in [0.5, 0.6) is 5.75 Å². The van der Waals surface area contributed by atoms with Gasteiger partial charge in [-0.25, -0.2) is 4.98 Å². The number of amides is 1. The maximum absolute atomic E-state index is 12.1. The van der Waals surface area contributed by atoms with E-state index in [9.17, 15) is 4.79 Å². The van der Waals surface area contributed by atoms with E-state index in [1.807, 2.05) is 60.7 Å². The Balaban J connectivity index is 1.41. The summed E-state index contributed by atoms with van der Waals surface area (Å²) in [5.41, 5.74) is 3.40. The molecule has 1 amide bonds. The van der Waals surface area contributed by atoms with Crippen molar-refractivity contribution in [2.24, 2.45) is 0 Å². The fourth-order valence-corrected chi connectivity index (χ4v) is 3.20. The van der Waals surface area contributed by atoms with Crippen molar-refractivity contribution in [2.75, 3.05) is 11.9 Å². The van der Waals surface area contributed by atoms with Gasteiger partial charge in [-0.05, 0) is 41.1 Å². The summed E-state index contributed by atoms with van der Waals surface area (Å²) in [5.74, 6) is 0.483. The van der Waals surface area contributed by atoms with Crippen molar-refractivity contribution in [3.8, 4) is 5.75 Å². The summed E-state index contributed by atoms with van der Waals surface area (Å²) in [6.45, 7) is -0.0343. The molecular weight excluding hydrogens is 320 g/mol. The fraction of sp³-hybridized carbons (Fsp3) is 0.0526. The van der Waals surface area contributed by atoms with E-state index in [-0.39, 0.29) is 12.5 Å². The molecule has 0 aliphatic heterocycles. The maximum Gasteiger partial charge on any atom is 0.262 e. The lowest BCUT2D eigenvalue weighted by Crippen LogP contribution is -2.20. The van der Waals surface area contributed by atoms with Gasteiger partial charge in [0.2, 0.25) is 0 Å². The Bertz CT molecular complexity index is 1030. The van der Waals surface area contributed by atoms with Crippen LogP contribution in [0.1, 0.15) is 0 Å². The summed E-state index contributed by atoms with van der Waals surface area (Å²) in [6, 6.07) is 19.5. The predicted octanol–water partition coefficient (Wildman–Crippen LogP) is 4.47. The predicted molar refractivity (Wildman–Crippen MR) is 97.7 cm³/mol. The van der Waals surface area contributed by atoms with Gasteiger partial charge in [-0.3, -0.25) is 4.79 Å². The second kappa shape index (κ2) is 6.29. The molecule has 0 radical (unpaired) electrons. The quantitative estimate of drug-likeness (QED) is 0.599. The third-order valence-corrected chi connectivity index (χ3v) is 4.51. The van der Waals surface area contributed by atoms with Crippen LogP contribution in [0.3, 0.4) is 0 Å². The molecule has 0 saturated carbocycles. The van der Waals surface area contributed by atoms with Crippen molar-refractivity contribution in [3.05, 3.63) is 66.2 Å². The minimum Gasteiger partial charge on any atom is -0.484 e. The number of benzene rings is 3. The zero-order chi connectivity index (χ0) is 16.4. The average molecular weight is 334 g/mol. The molecule has 0 fully saturated rings. The van der Waals surface area contributed by atoms with Gasteiger partial charge in [0.05, 0.1) is 15.7 Å². The van der Waals surface area contributed by atoms with Crippen molar-refractivity contribution in [1.82, 2.24) is 4.98 Å². The first-order valence-corrected chi connectivity index (χ1v) is 8.41.